The van der Waals surface area contributed by atoms with Gasteiger partial charge in [0.1, 0.15) is 6.04 Å². The molecule has 0 amide bonds. The maximum absolute atomic E-state index is 5.46. The fourth-order valence-corrected chi connectivity index (χ4v) is 2.57. The van der Waals surface area contributed by atoms with Crippen LogP contribution in [0.3, 0.4) is 0 Å². The standard InChI is InChI=1S/C17H21N5O/c1-11-8-12(2)22(21-11)10-15-6-5-7-16(9-15)18-13(3)17-20-19-14(4)23-17/h5-9,13,18H,10H2,1-4H3/t13-/m0/s1. The highest BCUT2D eigenvalue weighted by Gasteiger charge is 2.12. The van der Waals surface area contributed by atoms with Crippen LogP contribution in [-0.4, -0.2) is 20.0 Å². The molecule has 0 aliphatic heterocycles. The molecule has 2 aromatic heterocycles. The van der Waals surface area contributed by atoms with E-state index in [-0.39, 0.29) is 6.04 Å². The van der Waals surface area contributed by atoms with Crippen molar-refractivity contribution in [2.24, 2.45) is 0 Å². The van der Waals surface area contributed by atoms with E-state index >= 15 is 0 Å². The molecule has 0 spiro atoms. The number of rotatable bonds is 5. The molecule has 2 heterocycles. The van der Waals surface area contributed by atoms with Gasteiger partial charge < -0.3 is 9.73 Å². The molecule has 1 aromatic carbocycles. The van der Waals surface area contributed by atoms with E-state index in [2.05, 4.69) is 45.7 Å². The Kier molecular flexibility index (Phi) is 4.14. The van der Waals surface area contributed by atoms with E-state index in [1.807, 2.05) is 30.7 Å². The van der Waals surface area contributed by atoms with E-state index in [4.69, 9.17) is 4.42 Å². The lowest BCUT2D eigenvalue weighted by atomic mass is 10.2. The molecule has 0 aliphatic carbocycles. The third-order valence-electron chi connectivity index (χ3n) is 3.66. The van der Waals surface area contributed by atoms with Gasteiger partial charge in [0.15, 0.2) is 0 Å². The van der Waals surface area contributed by atoms with Gasteiger partial charge >= 0.3 is 0 Å². The summed E-state index contributed by atoms with van der Waals surface area (Å²) in [5, 5.41) is 15.8. The first-order valence-electron chi connectivity index (χ1n) is 7.68. The van der Waals surface area contributed by atoms with Crippen LogP contribution in [0.4, 0.5) is 5.69 Å². The summed E-state index contributed by atoms with van der Waals surface area (Å²) in [6, 6.07) is 10.3. The van der Waals surface area contributed by atoms with Gasteiger partial charge in [-0.15, -0.1) is 10.2 Å². The third kappa shape index (κ3) is 3.59. The summed E-state index contributed by atoms with van der Waals surface area (Å²) in [5.41, 5.74) is 4.41. The Morgan fingerprint density at radius 3 is 2.65 bits per heavy atom. The molecule has 0 aliphatic rings. The summed E-state index contributed by atoms with van der Waals surface area (Å²) >= 11 is 0. The number of anilines is 1. The van der Waals surface area contributed by atoms with Gasteiger partial charge in [-0.25, -0.2) is 0 Å². The summed E-state index contributed by atoms with van der Waals surface area (Å²) in [7, 11) is 0. The maximum atomic E-state index is 5.46. The fraction of sp³-hybridized carbons (Fsp3) is 0.353. The van der Waals surface area contributed by atoms with Gasteiger partial charge in [-0.3, -0.25) is 4.68 Å². The van der Waals surface area contributed by atoms with Crippen molar-refractivity contribution < 1.29 is 4.42 Å². The van der Waals surface area contributed by atoms with Crippen molar-refractivity contribution in [1.29, 1.82) is 0 Å². The largest absolute Gasteiger partial charge is 0.423 e. The minimum atomic E-state index is -0.0415. The fourth-order valence-electron chi connectivity index (χ4n) is 2.57. The maximum Gasteiger partial charge on any atom is 0.238 e. The number of aromatic nitrogens is 4. The van der Waals surface area contributed by atoms with E-state index in [0.29, 0.717) is 11.8 Å². The Balaban J connectivity index is 1.73. The van der Waals surface area contributed by atoms with Crippen LogP contribution < -0.4 is 5.32 Å². The molecule has 120 valence electrons. The Hall–Kier alpha value is -2.63. The molecule has 1 atom stereocenters. The highest BCUT2D eigenvalue weighted by Crippen LogP contribution is 2.20. The number of nitrogens with one attached hydrogen (secondary N) is 1. The van der Waals surface area contributed by atoms with Gasteiger partial charge in [0.25, 0.3) is 0 Å². The molecule has 0 bridgehead atoms. The van der Waals surface area contributed by atoms with Crippen LogP contribution in [0.25, 0.3) is 0 Å². The lowest BCUT2D eigenvalue weighted by Gasteiger charge is -2.13. The molecule has 0 saturated heterocycles. The number of benzene rings is 1. The molecule has 0 fully saturated rings. The molecule has 0 saturated carbocycles. The zero-order valence-electron chi connectivity index (χ0n) is 13.9. The average molecular weight is 311 g/mol. The van der Waals surface area contributed by atoms with Crippen LogP contribution in [-0.2, 0) is 6.54 Å². The van der Waals surface area contributed by atoms with Crippen molar-refractivity contribution in [3.63, 3.8) is 0 Å². The van der Waals surface area contributed by atoms with E-state index < -0.39 is 0 Å². The first-order valence-corrected chi connectivity index (χ1v) is 7.68. The predicted octanol–water partition coefficient (Wildman–Crippen LogP) is 3.41. The van der Waals surface area contributed by atoms with Gasteiger partial charge in [0.2, 0.25) is 11.8 Å². The zero-order valence-corrected chi connectivity index (χ0v) is 13.9. The number of aryl methyl sites for hydroxylation is 3. The highest BCUT2D eigenvalue weighted by atomic mass is 16.4. The van der Waals surface area contributed by atoms with Crippen LogP contribution in [0.1, 0.15) is 41.7 Å². The van der Waals surface area contributed by atoms with Gasteiger partial charge in [-0.1, -0.05) is 12.1 Å². The lowest BCUT2D eigenvalue weighted by Crippen LogP contribution is -2.08. The second-order valence-corrected chi connectivity index (χ2v) is 5.81. The van der Waals surface area contributed by atoms with E-state index in [1.165, 1.54) is 5.56 Å². The Morgan fingerprint density at radius 1 is 1.17 bits per heavy atom. The lowest BCUT2D eigenvalue weighted by molar-refractivity contribution is 0.451. The van der Waals surface area contributed by atoms with Crippen LogP contribution in [0, 0.1) is 20.8 Å². The Morgan fingerprint density at radius 2 is 2.00 bits per heavy atom. The minimum absolute atomic E-state index is 0.0415. The number of hydrogen-bond donors (Lipinski definition) is 1. The summed E-state index contributed by atoms with van der Waals surface area (Å²) < 4.78 is 7.48. The first-order chi connectivity index (χ1) is 11.0. The predicted molar refractivity (Wildman–Crippen MR) is 88.3 cm³/mol. The van der Waals surface area contributed by atoms with Crippen LogP contribution in [0.5, 0.6) is 0 Å². The SMILES string of the molecule is Cc1cc(C)n(Cc2cccc(N[C@@H](C)c3nnc(C)o3)c2)n1. The summed E-state index contributed by atoms with van der Waals surface area (Å²) in [5.74, 6) is 1.17. The topological polar surface area (TPSA) is 68.8 Å². The van der Waals surface area contributed by atoms with Crippen molar-refractivity contribution in [2.45, 2.75) is 40.3 Å². The summed E-state index contributed by atoms with van der Waals surface area (Å²) in [6.07, 6.45) is 0. The number of nitrogens with zero attached hydrogens (tertiary/aromatic N) is 4. The minimum Gasteiger partial charge on any atom is -0.423 e. The van der Waals surface area contributed by atoms with Crippen LogP contribution >= 0.6 is 0 Å². The van der Waals surface area contributed by atoms with Gasteiger partial charge in [-0.05, 0) is 44.5 Å². The smallest absolute Gasteiger partial charge is 0.238 e. The molecule has 6 heteroatoms. The monoisotopic (exact) mass is 311 g/mol. The molecular formula is C17H21N5O. The molecule has 6 nitrogen and oxygen atoms in total. The van der Waals surface area contributed by atoms with Crippen LogP contribution in [0.15, 0.2) is 34.7 Å². The van der Waals surface area contributed by atoms with Crippen molar-refractivity contribution >= 4 is 5.69 Å². The second kappa shape index (κ2) is 6.24. The van der Waals surface area contributed by atoms with Crippen molar-refractivity contribution in [3.8, 4) is 0 Å². The summed E-state index contributed by atoms with van der Waals surface area (Å²) in [4.78, 5) is 0. The Labute approximate surface area is 135 Å². The molecule has 3 aromatic rings. The van der Waals surface area contributed by atoms with E-state index in [0.717, 1.165) is 23.6 Å². The number of hydrogen-bond acceptors (Lipinski definition) is 5. The van der Waals surface area contributed by atoms with Gasteiger partial charge in [0, 0.05) is 18.3 Å². The van der Waals surface area contributed by atoms with E-state index in [1.54, 1.807) is 6.92 Å². The van der Waals surface area contributed by atoms with E-state index in [9.17, 15) is 0 Å². The van der Waals surface area contributed by atoms with Crippen molar-refractivity contribution in [3.05, 3.63) is 59.1 Å². The van der Waals surface area contributed by atoms with Gasteiger partial charge in [0.05, 0.1) is 12.2 Å². The second-order valence-electron chi connectivity index (χ2n) is 5.81. The molecule has 3 rings (SSSR count). The Bertz CT molecular complexity index is 805. The molecule has 0 unspecified atom stereocenters. The van der Waals surface area contributed by atoms with Crippen LogP contribution in [0.2, 0.25) is 0 Å². The van der Waals surface area contributed by atoms with Crippen molar-refractivity contribution in [1.82, 2.24) is 20.0 Å². The zero-order chi connectivity index (χ0) is 16.4. The molecule has 0 radical (unpaired) electrons. The third-order valence-corrected chi connectivity index (χ3v) is 3.66. The highest BCUT2D eigenvalue weighted by molar-refractivity contribution is 5.46. The first kappa shape index (κ1) is 15.3. The molecule has 1 N–H and O–H groups in total. The quantitative estimate of drug-likeness (QED) is 0.782. The summed E-state index contributed by atoms with van der Waals surface area (Å²) in [6.45, 7) is 8.62. The molecular weight excluding hydrogens is 290 g/mol. The van der Waals surface area contributed by atoms with Crippen molar-refractivity contribution in [2.75, 3.05) is 5.32 Å². The van der Waals surface area contributed by atoms with Gasteiger partial charge in [-0.2, -0.15) is 5.10 Å². The normalized spacial score (nSPS) is 12.3. The molecule has 23 heavy (non-hydrogen) atoms. The average Bonchev–Trinajstić information content (AvgIpc) is 3.05.